The number of benzene rings is 2. The van der Waals surface area contributed by atoms with E-state index in [1.807, 2.05) is 44.1 Å². The second-order valence-electron chi connectivity index (χ2n) is 6.03. The van der Waals surface area contributed by atoms with Gasteiger partial charge in [0.1, 0.15) is 0 Å². The normalized spacial score (nSPS) is 14.3. The van der Waals surface area contributed by atoms with Crippen molar-refractivity contribution in [3.8, 4) is 0 Å². The van der Waals surface area contributed by atoms with Gasteiger partial charge in [-0.15, -0.1) is 0 Å². The van der Waals surface area contributed by atoms with E-state index in [2.05, 4.69) is 31.2 Å². The molecule has 0 N–H and O–H groups in total. The summed E-state index contributed by atoms with van der Waals surface area (Å²) in [5.41, 5.74) is 1.12. The molecule has 0 amide bonds. The van der Waals surface area contributed by atoms with Gasteiger partial charge in [-0.3, -0.25) is 9.69 Å². The van der Waals surface area contributed by atoms with Crippen LogP contribution in [0.3, 0.4) is 0 Å². The molecule has 2 aromatic rings. The van der Waals surface area contributed by atoms with Gasteiger partial charge >= 0.3 is 0 Å². The number of carbonyl (C=O) groups is 1. The van der Waals surface area contributed by atoms with Crippen molar-refractivity contribution in [2.45, 2.75) is 32.7 Å². The van der Waals surface area contributed by atoms with E-state index in [1.54, 1.807) is 0 Å². The van der Waals surface area contributed by atoms with Crippen LogP contribution in [0.15, 0.2) is 42.5 Å². The monoisotopic (exact) mass is 283 g/mol. The average molecular weight is 283 g/mol. The third-order valence-corrected chi connectivity index (χ3v) is 4.11. The minimum atomic E-state index is -0.169. The van der Waals surface area contributed by atoms with Crippen molar-refractivity contribution < 1.29 is 4.79 Å². The molecule has 0 saturated heterocycles. The van der Waals surface area contributed by atoms with E-state index in [9.17, 15) is 4.79 Å². The summed E-state index contributed by atoms with van der Waals surface area (Å²) < 4.78 is 0. The first-order valence-electron chi connectivity index (χ1n) is 7.74. The Morgan fingerprint density at radius 3 is 2.43 bits per heavy atom. The van der Waals surface area contributed by atoms with Gasteiger partial charge in [-0.2, -0.15) is 0 Å². The molecule has 2 heteroatoms. The molecule has 0 radical (unpaired) electrons. The number of rotatable bonds is 6. The molecule has 0 bridgehead atoms. The predicted molar refractivity (Wildman–Crippen MR) is 89.5 cm³/mol. The van der Waals surface area contributed by atoms with Crippen molar-refractivity contribution in [1.29, 1.82) is 0 Å². The SMILES string of the molecule is CCCC(C)C(=O)C(c1cccc2ccccc12)N(C)C. The zero-order valence-corrected chi connectivity index (χ0v) is 13.5. The fourth-order valence-corrected chi connectivity index (χ4v) is 3.02. The third-order valence-electron chi connectivity index (χ3n) is 4.11. The second-order valence-corrected chi connectivity index (χ2v) is 6.03. The first kappa shape index (κ1) is 15.7. The van der Waals surface area contributed by atoms with E-state index in [0.29, 0.717) is 5.78 Å². The molecule has 0 aromatic heterocycles. The smallest absolute Gasteiger partial charge is 0.157 e. The average Bonchev–Trinajstić information content (AvgIpc) is 2.47. The summed E-state index contributed by atoms with van der Waals surface area (Å²) in [4.78, 5) is 14.9. The van der Waals surface area contributed by atoms with Gasteiger partial charge in [-0.1, -0.05) is 62.7 Å². The van der Waals surface area contributed by atoms with Gasteiger partial charge in [0.2, 0.25) is 0 Å². The van der Waals surface area contributed by atoms with Crippen LogP contribution in [0, 0.1) is 5.92 Å². The minimum absolute atomic E-state index is 0.0985. The number of hydrogen-bond acceptors (Lipinski definition) is 2. The van der Waals surface area contributed by atoms with Gasteiger partial charge < -0.3 is 0 Å². The van der Waals surface area contributed by atoms with Crippen molar-refractivity contribution in [1.82, 2.24) is 4.90 Å². The number of likely N-dealkylation sites (N-methyl/N-ethyl adjacent to an activating group) is 1. The highest BCUT2D eigenvalue weighted by molar-refractivity contribution is 5.94. The lowest BCUT2D eigenvalue weighted by molar-refractivity contribution is -0.127. The van der Waals surface area contributed by atoms with Crippen LogP contribution < -0.4 is 0 Å². The molecule has 2 aromatic carbocycles. The summed E-state index contributed by atoms with van der Waals surface area (Å²) in [7, 11) is 3.98. The molecular formula is C19H25NO. The van der Waals surface area contributed by atoms with E-state index in [-0.39, 0.29) is 12.0 Å². The van der Waals surface area contributed by atoms with Crippen molar-refractivity contribution >= 4 is 16.6 Å². The number of nitrogens with zero attached hydrogens (tertiary/aromatic N) is 1. The molecular weight excluding hydrogens is 258 g/mol. The predicted octanol–water partition coefficient (Wildman–Crippen LogP) is 4.45. The number of Topliss-reactive ketones (excluding diaryl/α,β-unsaturated/α-hetero) is 1. The Balaban J connectivity index is 2.48. The highest BCUT2D eigenvalue weighted by Crippen LogP contribution is 2.30. The molecule has 21 heavy (non-hydrogen) atoms. The molecule has 2 nitrogen and oxygen atoms in total. The molecule has 0 fully saturated rings. The third kappa shape index (κ3) is 3.33. The fourth-order valence-electron chi connectivity index (χ4n) is 3.02. The fraction of sp³-hybridized carbons (Fsp3) is 0.421. The summed E-state index contributed by atoms with van der Waals surface area (Å²) in [6, 6.07) is 14.4. The van der Waals surface area contributed by atoms with E-state index in [1.165, 1.54) is 10.8 Å². The molecule has 0 heterocycles. The standard InChI is InChI=1S/C19H25NO/c1-5-9-14(2)19(21)18(20(3)4)17-13-8-11-15-10-6-7-12-16(15)17/h6-8,10-14,18H,5,9H2,1-4H3. The zero-order valence-electron chi connectivity index (χ0n) is 13.5. The van der Waals surface area contributed by atoms with E-state index >= 15 is 0 Å². The van der Waals surface area contributed by atoms with Gasteiger partial charge in [-0.05, 0) is 36.9 Å². The first-order chi connectivity index (χ1) is 10.1. The van der Waals surface area contributed by atoms with Gasteiger partial charge in [0.05, 0.1) is 6.04 Å². The molecule has 0 saturated carbocycles. The molecule has 112 valence electrons. The van der Waals surface area contributed by atoms with E-state index < -0.39 is 0 Å². The molecule has 2 unspecified atom stereocenters. The lowest BCUT2D eigenvalue weighted by Gasteiger charge is -2.27. The summed E-state index contributed by atoms with van der Waals surface area (Å²) in [5.74, 6) is 0.416. The molecule has 0 aliphatic rings. The first-order valence-corrected chi connectivity index (χ1v) is 7.74. The van der Waals surface area contributed by atoms with Crippen molar-refractivity contribution in [2.24, 2.45) is 5.92 Å². The Morgan fingerprint density at radius 2 is 1.76 bits per heavy atom. The zero-order chi connectivity index (χ0) is 15.4. The topological polar surface area (TPSA) is 20.3 Å². The summed E-state index contributed by atoms with van der Waals surface area (Å²) in [5, 5.41) is 2.37. The molecule has 0 spiro atoms. The summed E-state index contributed by atoms with van der Waals surface area (Å²) >= 11 is 0. The number of ketones is 1. The van der Waals surface area contributed by atoms with Crippen LogP contribution in [-0.2, 0) is 4.79 Å². The van der Waals surface area contributed by atoms with Crippen LogP contribution in [0.1, 0.15) is 38.3 Å². The highest BCUT2D eigenvalue weighted by Gasteiger charge is 2.27. The minimum Gasteiger partial charge on any atom is -0.297 e. The van der Waals surface area contributed by atoms with Crippen LogP contribution in [0.4, 0.5) is 0 Å². The number of carbonyl (C=O) groups excluding carboxylic acids is 1. The number of hydrogen-bond donors (Lipinski definition) is 0. The summed E-state index contributed by atoms with van der Waals surface area (Å²) in [6.45, 7) is 4.18. The Bertz CT molecular complexity index is 612. The Morgan fingerprint density at radius 1 is 1.10 bits per heavy atom. The van der Waals surface area contributed by atoms with Gasteiger partial charge in [-0.25, -0.2) is 0 Å². The Kier molecular flexibility index (Phi) is 5.13. The van der Waals surface area contributed by atoms with E-state index in [0.717, 1.165) is 18.4 Å². The Labute approximate surface area is 127 Å². The largest absolute Gasteiger partial charge is 0.297 e. The summed E-state index contributed by atoms with van der Waals surface area (Å²) in [6.07, 6.45) is 2.00. The van der Waals surface area contributed by atoms with Gasteiger partial charge in [0.25, 0.3) is 0 Å². The molecule has 0 aliphatic heterocycles. The highest BCUT2D eigenvalue weighted by atomic mass is 16.1. The second kappa shape index (κ2) is 6.86. The quantitative estimate of drug-likeness (QED) is 0.780. The molecule has 0 aliphatic carbocycles. The molecule has 2 rings (SSSR count). The van der Waals surface area contributed by atoms with Crippen LogP contribution in [-0.4, -0.2) is 24.8 Å². The number of fused-ring (bicyclic) bond motifs is 1. The lowest BCUT2D eigenvalue weighted by Crippen LogP contribution is -2.31. The lowest BCUT2D eigenvalue weighted by atomic mass is 9.88. The maximum atomic E-state index is 12.9. The Hall–Kier alpha value is -1.67. The van der Waals surface area contributed by atoms with Crippen LogP contribution in [0.2, 0.25) is 0 Å². The van der Waals surface area contributed by atoms with Crippen molar-refractivity contribution in [3.63, 3.8) is 0 Å². The van der Waals surface area contributed by atoms with Gasteiger partial charge in [0.15, 0.2) is 5.78 Å². The van der Waals surface area contributed by atoms with Crippen molar-refractivity contribution in [2.75, 3.05) is 14.1 Å². The molecule has 2 atom stereocenters. The van der Waals surface area contributed by atoms with E-state index in [4.69, 9.17) is 0 Å². The maximum absolute atomic E-state index is 12.9. The van der Waals surface area contributed by atoms with Crippen LogP contribution >= 0.6 is 0 Å². The van der Waals surface area contributed by atoms with Gasteiger partial charge in [0, 0.05) is 5.92 Å². The van der Waals surface area contributed by atoms with Crippen molar-refractivity contribution in [3.05, 3.63) is 48.0 Å². The maximum Gasteiger partial charge on any atom is 0.157 e. The van der Waals surface area contributed by atoms with Crippen LogP contribution in [0.5, 0.6) is 0 Å². The van der Waals surface area contributed by atoms with Crippen LogP contribution in [0.25, 0.3) is 10.8 Å².